The van der Waals surface area contributed by atoms with Crippen molar-refractivity contribution in [3.05, 3.63) is 40.5 Å². The van der Waals surface area contributed by atoms with Gasteiger partial charge in [0.2, 0.25) is 0 Å². The number of nitrogens with one attached hydrogen (secondary N) is 1. The largest absolute Gasteiger partial charge is 0.344 e. The molecule has 0 aliphatic heterocycles. The molecule has 0 atom stereocenters. The Morgan fingerprint density at radius 1 is 1.57 bits per heavy atom. The minimum absolute atomic E-state index is 0.331. The molecule has 0 spiro atoms. The number of azide groups is 1. The van der Waals surface area contributed by atoms with Crippen LogP contribution in [0.4, 0.5) is 0 Å². The quantitative estimate of drug-likeness (QED) is 0.420. The summed E-state index contributed by atoms with van der Waals surface area (Å²) in [7, 11) is 0. The van der Waals surface area contributed by atoms with Gasteiger partial charge in [-0.05, 0) is 22.8 Å². The summed E-state index contributed by atoms with van der Waals surface area (Å²) in [5.74, 6) is -0.609. The first-order chi connectivity index (χ1) is 6.83. The number of amides is 1. The zero-order valence-corrected chi connectivity index (χ0v) is 7.01. The standard InChI is InChI=1S/C8H5N5O/c9-13-12-8(14)5-2-1-3-6-7(5)11-4-10-6/h1-4H,(H,10,11). The van der Waals surface area contributed by atoms with E-state index in [9.17, 15) is 4.79 Å². The molecule has 1 N–H and O–H groups in total. The molecule has 1 aromatic heterocycles. The van der Waals surface area contributed by atoms with Gasteiger partial charge >= 0.3 is 0 Å². The summed E-state index contributed by atoms with van der Waals surface area (Å²) in [6, 6.07) is 5.03. The molecular weight excluding hydrogens is 182 g/mol. The molecule has 1 heterocycles. The normalized spacial score (nSPS) is 9.71. The van der Waals surface area contributed by atoms with Crippen molar-refractivity contribution in [1.82, 2.24) is 9.97 Å². The highest BCUT2D eigenvalue weighted by Crippen LogP contribution is 2.15. The number of aromatic amines is 1. The van der Waals surface area contributed by atoms with Crippen molar-refractivity contribution >= 4 is 16.9 Å². The Morgan fingerprint density at radius 3 is 3.21 bits per heavy atom. The number of aromatic nitrogens is 2. The predicted molar refractivity (Wildman–Crippen MR) is 49.6 cm³/mol. The van der Waals surface area contributed by atoms with E-state index < -0.39 is 5.91 Å². The van der Waals surface area contributed by atoms with Crippen molar-refractivity contribution in [1.29, 1.82) is 0 Å². The van der Waals surface area contributed by atoms with Crippen molar-refractivity contribution < 1.29 is 4.79 Å². The van der Waals surface area contributed by atoms with Crippen LogP contribution in [0.15, 0.2) is 29.6 Å². The Morgan fingerprint density at radius 2 is 2.43 bits per heavy atom. The van der Waals surface area contributed by atoms with E-state index in [4.69, 9.17) is 5.53 Å². The van der Waals surface area contributed by atoms with E-state index in [1.807, 2.05) is 0 Å². The van der Waals surface area contributed by atoms with E-state index in [0.29, 0.717) is 16.6 Å². The molecule has 0 fully saturated rings. The molecule has 1 amide bonds. The highest BCUT2D eigenvalue weighted by atomic mass is 16.1. The Hall–Kier alpha value is -2.33. The number of hydrogen-bond donors (Lipinski definition) is 1. The number of nitrogens with zero attached hydrogens (tertiary/aromatic N) is 4. The summed E-state index contributed by atoms with van der Waals surface area (Å²) in [6.07, 6.45) is 1.48. The Bertz CT molecular complexity index is 537. The fourth-order valence-electron chi connectivity index (χ4n) is 1.24. The third kappa shape index (κ3) is 1.19. The zero-order chi connectivity index (χ0) is 9.97. The summed E-state index contributed by atoms with van der Waals surface area (Å²) in [5, 5.41) is 3.02. The lowest BCUT2D eigenvalue weighted by Crippen LogP contribution is -1.94. The summed E-state index contributed by atoms with van der Waals surface area (Å²) in [6.45, 7) is 0. The molecule has 2 rings (SSSR count). The number of fused-ring (bicyclic) bond motifs is 1. The average Bonchev–Trinajstić information content (AvgIpc) is 2.65. The molecule has 0 unspecified atom stereocenters. The van der Waals surface area contributed by atoms with Crippen LogP contribution in [0, 0.1) is 0 Å². The molecule has 6 heteroatoms. The van der Waals surface area contributed by atoms with Crippen LogP contribution in [0.25, 0.3) is 21.5 Å². The number of hydrogen-bond acceptors (Lipinski definition) is 2. The number of H-pyrrole nitrogens is 1. The van der Waals surface area contributed by atoms with E-state index in [2.05, 4.69) is 20.0 Å². The van der Waals surface area contributed by atoms with Crippen LogP contribution in [0.3, 0.4) is 0 Å². The van der Waals surface area contributed by atoms with Crippen LogP contribution in [0.2, 0.25) is 0 Å². The van der Waals surface area contributed by atoms with Crippen molar-refractivity contribution in [2.24, 2.45) is 5.11 Å². The number of para-hydroxylation sites is 1. The molecule has 0 aliphatic rings. The lowest BCUT2D eigenvalue weighted by molar-refractivity contribution is 0.100. The predicted octanol–water partition coefficient (Wildman–Crippen LogP) is 2.01. The second-order valence-corrected chi connectivity index (χ2v) is 2.60. The number of carbonyl (C=O) groups excluding carboxylic acids is 1. The smallest absolute Gasteiger partial charge is 0.251 e. The number of imidazole rings is 1. The lowest BCUT2D eigenvalue weighted by atomic mass is 10.2. The van der Waals surface area contributed by atoms with Crippen LogP contribution < -0.4 is 0 Å². The fourth-order valence-corrected chi connectivity index (χ4v) is 1.24. The van der Waals surface area contributed by atoms with Gasteiger partial charge in [-0.1, -0.05) is 6.07 Å². The van der Waals surface area contributed by atoms with Crippen LogP contribution >= 0.6 is 0 Å². The summed E-state index contributed by atoms with van der Waals surface area (Å²) >= 11 is 0. The molecule has 0 bridgehead atoms. The third-order valence-corrected chi connectivity index (χ3v) is 1.82. The maximum absolute atomic E-state index is 11.3. The van der Waals surface area contributed by atoms with Gasteiger partial charge < -0.3 is 4.98 Å². The van der Waals surface area contributed by atoms with Crippen molar-refractivity contribution in [2.45, 2.75) is 0 Å². The Labute approximate surface area is 78.2 Å². The first-order valence-electron chi connectivity index (χ1n) is 3.84. The molecule has 68 valence electrons. The van der Waals surface area contributed by atoms with Gasteiger partial charge in [-0.25, -0.2) is 4.98 Å². The fraction of sp³-hybridized carbons (Fsp3) is 0. The minimum atomic E-state index is -0.609. The molecule has 0 saturated carbocycles. The van der Waals surface area contributed by atoms with Crippen LogP contribution in [-0.2, 0) is 0 Å². The van der Waals surface area contributed by atoms with Gasteiger partial charge in [0.15, 0.2) is 0 Å². The first-order valence-corrected chi connectivity index (χ1v) is 3.84. The van der Waals surface area contributed by atoms with Gasteiger partial charge in [-0.15, -0.1) is 0 Å². The maximum atomic E-state index is 11.3. The van der Waals surface area contributed by atoms with Gasteiger partial charge in [0.1, 0.15) is 0 Å². The summed E-state index contributed by atoms with van der Waals surface area (Å²) in [4.78, 5) is 20.5. The molecule has 0 aliphatic carbocycles. The maximum Gasteiger partial charge on any atom is 0.251 e. The van der Waals surface area contributed by atoms with Gasteiger partial charge in [0.05, 0.1) is 22.9 Å². The summed E-state index contributed by atoms with van der Waals surface area (Å²) in [5.41, 5.74) is 9.72. The topological polar surface area (TPSA) is 94.5 Å². The molecule has 0 radical (unpaired) electrons. The van der Waals surface area contributed by atoms with Crippen molar-refractivity contribution in [3.8, 4) is 0 Å². The van der Waals surface area contributed by atoms with E-state index in [0.717, 1.165) is 0 Å². The average molecular weight is 187 g/mol. The third-order valence-electron chi connectivity index (χ3n) is 1.82. The molecule has 1 aromatic carbocycles. The zero-order valence-electron chi connectivity index (χ0n) is 7.01. The lowest BCUT2D eigenvalue weighted by Gasteiger charge is -1.95. The van der Waals surface area contributed by atoms with Crippen molar-refractivity contribution in [2.75, 3.05) is 0 Å². The van der Waals surface area contributed by atoms with E-state index in [1.165, 1.54) is 6.33 Å². The van der Waals surface area contributed by atoms with Crippen molar-refractivity contribution in [3.63, 3.8) is 0 Å². The molecule has 14 heavy (non-hydrogen) atoms. The van der Waals surface area contributed by atoms with Crippen LogP contribution in [0.1, 0.15) is 10.4 Å². The molecular formula is C8H5N5O. The van der Waals surface area contributed by atoms with Gasteiger partial charge in [0.25, 0.3) is 5.91 Å². The van der Waals surface area contributed by atoms with E-state index >= 15 is 0 Å². The SMILES string of the molecule is [N-]=[N+]=NC(=O)c1cccc2nc[nH]c12. The minimum Gasteiger partial charge on any atom is -0.344 e. The van der Waals surface area contributed by atoms with Crippen LogP contribution in [-0.4, -0.2) is 15.9 Å². The second-order valence-electron chi connectivity index (χ2n) is 2.60. The molecule has 0 saturated heterocycles. The second kappa shape index (κ2) is 3.20. The number of carbonyl (C=O) groups is 1. The first kappa shape index (κ1) is 8.28. The summed E-state index contributed by atoms with van der Waals surface area (Å²) < 4.78 is 0. The number of benzene rings is 1. The highest BCUT2D eigenvalue weighted by Gasteiger charge is 2.08. The van der Waals surface area contributed by atoms with E-state index in [-0.39, 0.29) is 0 Å². The monoisotopic (exact) mass is 187 g/mol. The van der Waals surface area contributed by atoms with Crippen LogP contribution in [0.5, 0.6) is 0 Å². The van der Waals surface area contributed by atoms with Gasteiger partial charge in [-0.3, -0.25) is 4.79 Å². The Kier molecular flexibility index (Phi) is 1.89. The van der Waals surface area contributed by atoms with E-state index in [1.54, 1.807) is 18.2 Å². The molecule has 2 aromatic rings. The molecule has 6 nitrogen and oxygen atoms in total. The van der Waals surface area contributed by atoms with Gasteiger partial charge in [-0.2, -0.15) is 0 Å². The number of rotatable bonds is 1. The van der Waals surface area contributed by atoms with Gasteiger partial charge in [0, 0.05) is 4.91 Å². The Balaban J connectivity index is 2.67. The highest BCUT2D eigenvalue weighted by molar-refractivity contribution is 6.05.